The second-order valence-electron chi connectivity index (χ2n) is 4.25. The van der Waals surface area contributed by atoms with Crippen LogP contribution in [0.5, 0.6) is 0 Å². The van der Waals surface area contributed by atoms with Gasteiger partial charge in [-0.15, -0.1) is 11.3 Å². The lowest BCUT2D eigenvalue weighted by atomic mass is 9.90. The molecule has 0 aliphatic carbocycles. The Bertz CT molecular complexity index is 280. The average Bonchev–Trinajstić information content (AvgIpc) is 2.65. The first-order valence-corrected chi connectivity index (χ1v) is 6.80. The zero-order valence-corrected chi connectivity index (χ0v) is 10.8. The molecule has 0 bridgehead atoms. The lowest BCUT2D eigenvalue weighted by molar-refractivity contribution is 0.0993. The minimum atomic E-state index is -0.258. The molecule has 0 saturated carbocycles. The summed E-state index contributed by atoms with van der Waals surface area (Å²) >= 11 is 1.72. The number of unbranched alkanes of at least 4 members (excludes halogenated alkanes) is 1. The zero-order valence-electron chi connectivity index (χ0n) is 9.99. The van der Waals surface area contributed by atoms with Crippen LogP contribution in [0.4, 0.5) is 0 Å². The quantitative estimate of drug-likeness (QED) is 0.766. The SMILES string of the molecule is CCCCC(CC)C(O)c1csc(C)c1. The number of thiophene rings is 1. The third-order valence-electron chi connectivity index (χ3n) is 2.99. The van der Waals surface area contributed by atoms with E-state index in [-0.39, 0.29) is 6.10 Å². The summed E-state index contributed by atoms with van der Waals surface area (Å²) in [6, 6.07) is 2.12. The van der Waals surface area contributed by atoms with Crippen LogP contribution in [0.2, 0.25) is 0 Å². The molecule has 2 unspecified atom stereocenters. The van der Waals surface area contributed by atoms with Crippen molar-refractivity contribution in [2.24, 2.45) is 5.92 Å². The molecule has 1 aromatic heterocycles. The molecule has 0 spiro atoms. The maximum absolute atomic E-state index is 10.2. The molecular formula is C13H22OS. The number of aliphatic hydroxyl groups is 1. The van der Waals surface area contributed by atoms with E-state index in [1.54, 1.807) is 11.3 Å². The third-order valence-corrected chi connectivity index (χ3v) is 3.87. The van der Waals surface area contributed by atoms with E-state index < -0.39 is 0 Å². The van der Waals surface area contributed by atoms with Gasteiger partial charge in [0, 0.05) is 4.88 Å². The van der Waals surface area contributed by atoms with E-state index in [1.807, 2.05) is 0 Å². The molecular weight excluding hydrogens is 204 g/mol. The minimum absolute atomic E-state index is 0.258. The molecule has 0 saturated heterocycles. The lowest BCUT2D eigenvalue weighted by Gasteiger charge is -2.20. The molecule has 1 aromatic rings. The van der Waals surface area contributed by atoms with Gasteiger partial charge in [0.15, 0.2) is 0 Å². The molecule has 15 heavy (non-hydrogen) atoms. The van der Waals surface area contributed by atoms with E-state index in [9.17, 15) is 5.11 Å². The highest BCUT2D eigenvalue weighted by molar-refractivity contribution is 7.10. The molecule has 2 atom stereocenters. The Balaban J connectivity index is 2.59. The molecule has 1 rings (SSSR count). The van der Waals surface area contributed by atoms with Crippen LogP contribution in [0, 0.1) is 12.8 Å². The maximum atomic E-state index is 10.2. The molecule has 0 aromatic carbocycles. The highest BCUT2D eigenvalue weighted by atomic mass is 32.1. The van der Waals surface area contributed by atoms with E-state index in [2.05, 4.69) is 32.2 Å². The summed E-state index contributed by atoms with van der Waals surface area (Å²) in [4.78, 5) is 1.29. The van der Waals surface area contributed by atoms with E-state index in [4.69, 9.17) is 0 Å². The van der Waals surface area contributed by atoms with Crippen molar-refractivity contribution in [1.82, 2.24) is 0 Å². The second-order valence-corrected chi connectivity index (χ2v) is 5.36. The van der Waals surface area contributed by atoms with Crippen molar-refractivity contribution in [3.63, 3.8) is 0 Å². The molecule has 0 amide bonds. The Labute approximate surface area is 97.2 Å². The summed E-state index contributed by atoms with van der Waals surface area (Å²) in [7, 11) is 0. The standard InChI is InChI=1S/C13H22OS/c1-4-6-7-11(5-2)13(14)12-8-10(3)15-9-12/h8-9,11,13-14H,4-7H2,1-3H3. The summed E-state index contributed by atoms with van der Waals surface area (Å²) in [5.74, 6) is 0.430. The number of rotatable bonds is 6. The molecule has 2 heteroatoms. The largest absolute Gasteiger partial charge is 0.388 e. The molecule has 1 N–H and O–H groups in total. The van der Waals surface area contributed by atoms with E-state index in [0.29, 0.717) is 5.92 Å². The Hall–Kier alpha value is -0.340. The highest BCUT2D eigenvalue weighted by Crippen LogP contribution is 2.31. The molecule has 86 valence electrons. The van der Waals surface area contributed by atoms with Gasteiger partial charge in [-0.1, -0.05) is 33.1 Å². The van der Waals surface area contributed by atoms with Gasteiger partial charge in [0.25, 0.3) is 0 Å². The van der Waals surface area contributed by atoms with Gasteiger partial charge in [-0.05, 0) is 36.3 Å². The van der Waals surface area contributed by atoms with Crippen LogP contribution in [-0.2, 0) is 0 Å². The van der Waals surface area contributed by atoms with Gasteiger partial charge in [-0.25, -0.2) is 0 Å². The van der Waals surface area contributed by atoms with Gasteiger partial charge in [0.05, 0.1) is 6.10 Å². The number of hydrogen-bond acceptors (Lipinski definition) is 2. The normalized spacial score (nSPS) is 15.2. The van der Waals surface area contributed by atoms with Crippen LogP contribution in [0.25, 0.3) is 0 Å². The first-order valence-electron chi connectivity index (χ1n) is 5.92. The van der Waals surface area contributed by atoms with Gasteiger partial charge >= 0.3 is 0 Å². The van der Waals surface area contributed by atoms with Crippen molar-refractivity contribution in [3.8, 4) is 0 Å². The summed E-state index contributed by atoms with van der Waals surface area (Å²) in [6.07, 6.45) is 4.38. The van der Waals surface area contributed by atoms with Crippen LogP contribution in [-0.4, -0.2) is 5.11 Å². The van der Waals surface area contributed by atoms with Crippen LogP contribution in [0.15, 0.2) is 11.4 Å². The van der Waals surface area contributed by atoms with Crippen molar-refractivity contribution in [2.75, 3.05) is 0 Å². The summed E-state index contributed by atoms with van der Waals surface area (Å²) < 4.78 is 0. The maximum Gasteiger partial charge on any atom is 0.0826 e. The van der Waals surface area contributed by atoms with Gasteiger partial charge in [-0.3, -0.25) is 0 Å². The first-order chi connectivity index (χ1) is 7.19. The molecule has 0 aliphatic heterocycles. The average molecular weight is 226 g/mol. The number of aryl methyl sites for hydroxylation is 1. The second kappa shape index (κ2) is 6.29. The van der Waals surface area contributed by atoms with Gasteiger partial charge in [0.2, 0.25) is 0 Å². The van der Waals surface area contributed by atoms with Crippen molar-refractivity contribution >= 4 is 11.3 Å². The molecule has 0 fully saturated rings. The number of aliphatic hydroxyl groups excluding tert-OH is 1. The Morgan fingerprint density at radius 2 is 2.13 bits per heavy atom. The number of hydrogen-bond donors (Lipinski definition) is 1. The van der Waals surface area contributed by atoms with Crippen LogP contribution >= 0.6 is 11.3 Å². The first kappa shape index (κ1) is 12.7. The Morgan fingerprint density at radius 3 is 2.60 bits per heavy atom. The van der Waals surface area contributed by atoms with Crippen LogP contribution in [0.3, 0.4) is 0 Å². The predicted molar refractivity (Wildman–Crippen MR) is 67.3 cm³/mol. The molecule has 1 heterocycles. The Morgan fingerprint density at radius 1 is 1.40 bits per heavy atom. The summed E-state index contributed by atoms with van der Waals surface area (Å²) in [6.45, 7) is 6.46. The fourth-order valence-corrected chi connectivity index (χ4v) is 2.68. The van der Waals surface area contributed by atoms with Gasteiger partial charge in [-0.2, -0.15) is 0 Å². The summed E-state index contributed by atoms with van der Waals surface area (Å²) in [5.41, 5.74) is 1.11. The zero-order chi connectivity index (χ0) is 11.3. The smallest absolute Gasteiger partial charge is 0.0826 e. The fraction of sp³-hybridized carbons (Fsp3) is 0.692. The molecule has 0 radical (unpaired) electrons. The van der Waals surface area contributed by atoms with E-state index >= 15 is 0 Å². The van der Waals surface area contributed by atoms with E-state index in [0.717, 1.165) is 18.4 Å². The summed E-state index contributed by atoms with van der Waals surface area (Å²) in [5, 5.41) is 12.3. The van der Waals surface area contributed by atoms with Crippen molar-refractivity contribution in [3.05, 3.63) is 21.9 Å². The van der Waals surface area contributed by atoms with E-state index in [1.165, 1.54) is 17.7 Å². The third kappa shape index (κ3) is 3.62. The molecule has 1 nitrogen and oxygen atoms in total. The highest BCUT2D eigenvalue weighted by Gasteiger charge is 2.19. The van der Waals surface area contributed by atoms with Crippen LogP contribution in [0.1, 0.15) is 56.1 Å². The van der Waals surface area contributed by atoms with Gasteiger partial charge in [0.1, 0.15) is 0 Å². The van der Waals surface area contributed by atoms with Crippen molar-refractivity contribution in [1.29, 1.82) is 0 Å². The fourth-order valence-electron chi connectivity index (χ4n) is 1.94. The predicted octanol–water partition coefficient (Wildman–Crippen LogP) is 4.31. The monoisotopic (exact) mass is 226 g/mol. The minimum Gasteiger partial charge on any atom is -0.388 e. The Kier molecular flexibility index (Phi) is 5.34. The topological polar surface area (TPSA) is 20.2 Å². The lowest BCUT2D eigenvalue weighted by Crippen LogP contribution is -2.11. The molecule has 0 aliphatic rings. The van der Waals surface area contributed by atoms with Crippen LogP contribution < -0.4 is 0 Å². The van der Waals surface area contributed by atoms with Crippen molar-refractivity contribution in [2.45, 2.75) is 52.6 Å². The van der Waals surface area contributed by atoms with Gasteiger partial charge < -0.3 is 5.11 Å². The van der Waals surface area contributed by atoms with Crippen molar-refractivity contribution < 1.29 is 5.11 Å².